The van der Waals surface area contributed by atoms with E-state index in [1.165, 1.54) is 13.2 Å². The van der Waals surface area contributed by atoms with Crippen LogP contribution in [0.1, 0.15) is 55.2 Å². The minimum atomic E-state index is -0.575. The molecule has 1 atom stereocenters. The Bertz CT molecular complexity index is 893. The molecule has 0 spiro atoms. The molecular weight excluding hydrogens is 387 g/mol. The molecule has 0 saturated heterocycles. The van der Waals surface area contributed by atoms with Crippen LogP contribution in [0.4, 0.5) is 9.18 Å². The molecule has 0 aliphatic rings. The lowest BCUT2D eigenvalue weighted by atomic mass is 10.0. The summed E-state index contributed by atoms with van der Waals surface area (Å²) in [4.78, 5) is 24.6. The van der Waals surface area contributed by atoms with Crippen molar-refractivity contribution in [2.45, 2.75) is 45.8 Å². The molecule has 0 heterocycles. The van der Waals surface area contributed by atoms with Crippen LogP contribution in [-0.2, 0) is 11.2 Å². The highest BCUT2D eigenvalue weighted by molar-refractivity contribution is 5.96. The van der Waals surface area contributed by atoms with Crippen LogP contribution in [0.25, 0.3) is 0 Å². The van der Waals surface area contributed by atoms with E-state index in [9.17, 15) is 14.0 Å². The van der Waals surface area contributed by atoms with E-state index < -0.39 is 23.6 Å². The maximum Gasteiger partial charge on any atom is 0.407 e. The van der Waals surface area contributed by atoms with Crippen molar-refractivity contribution in [2.24, 2.45) is 0 Å². The Morgan fingerprint density at radius 2 is 1.83 bits per heavy atom. The van der Waals surface area contributed by atoms with E-state index in [2.05, 4.69) is 10.6 Å². The molecular formula is C23H29FN2O4. The largest absolute Gasteiger partial charge is 0.497 e. The molecule has 2 rings (SSSR count). The van der Waals surface area contributed by atoms with E-state index >= 15 is 0 Å². The number of ether oxygens (including phenoxy) is 2. The van der Waals surface area contributed by atoms with Crippen LogP contribution in [0, 0.1) is 5.82 Å². The predicted molar refractivity (Wildman–Crippen MR) is 113 cm³/mol. The summed E-state index contributed by atoms with van der Waals surface area (Å²) in [6.45, 7) is 7.41. The zero-order chi connectivity index (χ0) is 22.3. The molecule has 30 heavy (non-hydrogen) atoms. The van der Waals surface area contributed by atoms with Gasteiger partial charge in [0.1, 0.15) is 17.2 Å². The molecule has 0 saturated carbocycles. The maximum atomic E-state index is 14.3. The number of carbonyl (C=O) groups is 2. The van der Waals surface area contributed by atoms with Crippen LogP contribution >= 0.6 is 0 Å². The van der Waals surface area contributed by atoms with Crippen molar-refractivity contribution in [3.63, 3.8) is 0 Å². The summed E-state index contributed by atoms with van der Waals surface area (Å²) < 4.78 is 24.5. The van der Waals surface area contributed by atoms with Crippen molar-refractivity contribution in [3.8, 4) is 5.75 Å². The second-order valence-electron chi connectivity index (χ2n) is 7.92. The van der Waals surface area contributed by atoms with Crippen molar-refractivity contribution in [1.82, 2.24) is 10.6 Å². The van der Waals surface area contributed by atoms with Gasteiger partial charge in [0.05, 0.1) is 13.2 Å². The highest BCUT2D eigenvalue weighted by Crippen LogP contribution is 2.22. The molecule has 0 fully saturated rings. The number of nitrogens with one attached hydrogen (secondary N) is 2. The first kappa shape index (κ1) is 23.2. The molecule has 2 N–H and O–H groups in total. The molecule has 6 nitrogen and oxygen atoms in total. The number of hydrogen-bond acceptors (Lipinski definition) is 4. The quantitative estimate of drug-likeness (QED) is 0.702. The predicted octanol–water partition coefficient (Wildman–Crippen LogP) is 4.39. The van der Waals surface area contributed by atoms with E-state index in [1.807, 2.05) is 12.1 Å². The van der Waals surface area contributed by atoms with Gasteiger partial charge in [-0.3, -0.25) is 4.79 Å². The van der Waals surface area contributed by atoms with Gasteiger partial charge in [0.25, 0.3) is 5.91 Å². The minimum absolute atomic E-state index is 0.314. The number of carbonyl (C=O) groups excluding carboxylic acids is 2. The van der Waals surface area contributed by atoms with Crippen molar-refractivity contribution in [3.05, 3.63) is 65.0 Å². The third kappa shape index (κ3) is 6.76. The minimum Gasteiger partial charge on any atom is -0.497 e. The molecule has 0 aliphatic carbocycles. The van der Waals surface area contributed by atoms with Gasteiger partial charge in [0.15, 0.2) is 0 Å². The van der Waals surface area contributed by atoms with Gasteiger partial charge in [-0.25, -0.2) is 9.18 Å². The van der Waals surface area contributed by atoms with Crippen molar-refractivity contribution in [2.75, 3.05) is 13.7 Å². The van der Waals surface area contributed by atoms with E-state index in [4.69, 9.17) is 9.47 Å². The van der Waals surface area contributed by atoms with E-state index in [-0.39, 0.29) is 5.91 Å². The number of methoxy groups -OCH3 is 1. The Morgan fingerprint density at radius 3 is 2.47 bits per heavy atom. The van der Waals surface area contributed by atoms with Crippen LogP contribution in [0.3, 0.4) is 0 Å². The first-order valence-electron chi connectivity index (χ1n) is 9.80. The molecule has 0 aliphatic heterocycles. The number of amides is 2. The normalized spacial score (nSPS) is 12.1. The summed E-state index contributed by atoms with van der Waals surface area (Å²) in [5, 5.41) is 5.51. The maximum absolute atomic E-state index is 14.3. The Balaban J connectivity index is 2.02. The highest BCUT2D eigenvalue weighted by atomic mass is 19.1. The lowest BCUT2D eigenvalue weighted by Crippen LogP contribution is -2.34. The first-order valence-corrected chi connectivity index (χ1v) is 9.80. The monoisotopic (exact) mass is 416 g/mol. The lowest BCUT2D eigenvalue weighted by molar-refractivity contribution is 0.0528. The van der Waals surface area contributed by atoms with Crippen LogP contribution < -0.4 is 15.4 Å². The van der Waals surface area contributed by atoms with Crippen LogP contribution in [-0.4, -0.2) is 31.3 Å². The van der Waals surface area contributed by atoms with Gasteiger partial charge in [0.2, 0.25) is 0 Å². The Labute approximate surface area is 176 Å². The number of alkyl carbamates (subject to hydrolysis) is 1. The Kier molecular flexibility index (Phi) is 7.80. The van der Waals surface area contributed by atoms with Gasteiger partial charge in [0, 0.05) is 23.7 Å². The van der Waals surface area contributed by atoms with E-state index in [0.29, 0.717) is 29.8 Å². The fourth-order valence-corrected chi connectivity index (χ4v) is 2.91. The van der Waals surface area contributed by atoms with E-state index in [1.54, 1.807) is 52.0 Å². The average Bonchev–Trinajstić information content (AvgIpc) is 2.66. The zero-order valence-electron chi connectivity index (χ0n) is 18.0. The number of benzene rings is 2. The molecule has 1 unspecified atom stereocenters. The second kappa shape index (κ2) is 10.1. The summed E-state index contributed by atoms with van der Waals surface area (Å²) in [6.07, 6.45) is -0.0540. The standard InChI is InChI=1S/C23H29FN2O4/c1-15(18-11-10-17(29-5)14-20(18)24)26-21(27)19-9-7-6-8-16(19)12-13-25-22(28)30-23(2,3)4/h6-11,14-15H,12-13H2,1-5H3,(H,25,28)(H,26,27). The molecule has 7 heteroatoms. The number of hydrogen-bond donors (Lipinski definition) is 2. The summed E-state index contributed by atoms with van der Waals surface area (Å²) >= 11 is 0. The SMILES string of the molecule is COc1ccc(C(C)NC(=O)c2ccccc2CCNC(=O)OC(C)(C)C)c(F)c1. The summed E-state index contributed by atoms with van der Waals surface area (Å²) in [5.74, 6) is -0.347. The van der Waals surface area contributed by atoms with Gasteiger partial charge in [-0.15, -0.1) is 0 Å². The topological polar surface area (TPSA) is 76.7 Å². The molecule has 0 radical (unpaired) electrons. The molecule has 2 aromatic rings. The third-order valence-corrected chi connectivity index (χ3v) is 4.35. The van der Waals surface area contributed by atoms with Crippen LogP contribution in [0.5, 0.6) is 5.75 Å². The molecule has 162 valence electrons. The molecule has 2 amide bonds. The van der Waals surface area contributed by atoms with Crippen molar-refractivity contribution in [1.29, 1.82) is 0 Å². The fraction of sp³-hybridized carbons (Fsp3) is 0.391. The van der Waals surface area contributed by atoms with Gasteiger partial charge in [-0.05, 0) is 51.8 Å². The molecule has 0 aromatic heterocycles. The van der Waals surface area contributed by atoms with Gasteiger partial charge in [-0.1, -0.05) is 24.3 Å². The van der Waals surface area contributed by atoms with Crippen LogP contribution in [0.15, 0.2) is 42.5 Å². The average molecular weight is 416 g/mol. The van der Waals surface area contributed by atoms with E-state index in [0.717, 1.165) is 5.56 Å². The molecule has 0 bridgehead atoms. The fourth-order valence-electron chi connectivity index (χ4n) is 2.91. The number of halogens is 1. The summed E-state index contributed by atoms with van der Waals surface area (Å²) in [7, 11) is 1.47. The Hall–Kier alpha value is -3.09. The molecule has 2 aromatic carbocycles. The van der Waals surface area contributed by atoms with Crippen molar-refractivity contribution >= 4 is 12.0 Å². The van der Waals surface area contributed by atoms with Gasteiger partial charge < -0.3 is 20.1 Å². The lowest BCUT2D eigenvalue weighted by Gasteiger charge is -2.20. The second-order valence-corrected chi connectivity index (χ2v) is 7.92. The van der Waals surface area contributed by atoms with Gasteiger partial charge >= 0.3 is 6.09 Å². The van der Waals surface area contributed by atoms with Crippen molar-refractivity contribution < 1.29 is 23.5 Å². The van der Waals surface area contributed by atoms with Crippen LogP contribution in [0.2, 0.25) is 0 Å². The van der Waals surface area contributed by atoms with Gasteiger partial charge in [-0.2, -0.15) is 0 Å². The highest BCUT2D eigenvalue weighted by Gasteiger charge is 2.18. The smallest absolute Gasteiger partial charge is 0.407 e. The third-order valence-electron chi connectivity index (χ3n) is 4.35. The Morgan fingerprint density at radius 1 is 1.13 bits per heavy atom. The first-order chi connectivity index (χ1) is 14.1. The summed E-state index contributed by atoms with van der Waals surface area (Å²) in [5.41, 5.74) is 1.04. The zero-order valence-corrected chi connectivity index (χ0v) is 18.0. The summed E-state index contributed by atoms with van der Waals surface area (Å²) in [6, 6.07) is 11.1. The number of rotatable bonds is 7.